The summed E-state index contributed by atoms with van der Waals surface area (Å²) in [5, 5.41) is 6.66. The number of carbonyl (C=O) groups excluding carboxylic acids is 1. The minimum atomic E-state index is 0. The summed E-state index contributed by atoms with van der Waals surface area (Å²) in [5.41, 5.74) is 4.10. The van der Waals surface area contributed by atoms with Crippen LogP contribution in [0.3, 0.4) is 0 Å². The fourth-order valence-electron chi connectivity index (χ4n) is 3.29. The maximum atomic E-state index is 12.1. The molecule has 0 aliphatic rings. The number of ether oxygens (including phenoxy) is 1. The van der Waals surface area contributed by atoms with Gasteiger partial charge in [0.25, 0.3) is 5.91 Å². The molecule has 34 heavy (non-hydrogen) atoms. The molecule has 0 saturated heterocycles. The van der Waals surface area contributed by atoms with Gasteiger partial charge in [-0.05, 0) is 47.4 Å². The van der Waals surface area contributed by atoms with Crippen LogP contribution in [0.15, 0.2) is 83.9 Å². The Kier molecular flexibility index (Phi) is 11.4. The van der Waals surface area contributed by atoms with Gasteiger partial charge in [-0.25, -0.2) is 0 Å². The van der Waals surface area contributed by atoms with E-state index in [4.69, 9.17) is 4.74 Å². The number of nitrogens with zero attached hydrogens (tertiary/aromatic N) is 2. The molecular formula is C27H33IN4O2. The van der Waals surface area contributed by atoms with Gasteiger partial charge >= 0.3 is 0 Å². The van der Waals surface area contributed by atoms with E-state index in [1.54, 1.807) is 26.0 Å². The van der Waals surface area contributed by atoms with Crippen LogP contribution in [0.25, 0.3) is 0 Å². The Morgan fingerprint density at radius 3 is 2.26 bits per heavy atom. The molecule has 180 valence electrons. The molecule has 1 amide bonds. The molecule has 0 spiro atoms. The van der Waals surface area contributed by atoms with Crippen molar-refractivity contribution in [2.75, 3.05) is 27.7 Å². The summed E-state index contributed by atoms with van der Waals surface area (Å²) in [5.74, 6) is 1.60. The first-order valence-electron chi connectivity index (χ1n) is 11.1. The summed E-state index contributed by atoms with van der Waals surface area (Å²) < 4.78 is 5.84. The van der Waals surface area contributed by atoms with E-state index in [0.29, 0.717) is 25.3 Å². The zero-order chi connectivity index (χ0) is 23.5. The second kappa shape index (κ2) is 14.2. The number of rotatable bonds is 9. The predicted octanol–water partition coefficient (Wildman–Crippen LogP) is 4.49. The standard InChI is InChI=1S/C27H32N4O2.HI/c1-28-27(29-17-16-21-10-7-11-24(18-21)26(32)31(2)3)30-19-22-12-14-25(15-13-22)33-20-23-8-5-4-6-9-23;/h4-15,18H,16-17,19-20H2,1-3H3,(H2,28,29,30);1H. The van der Waals surface area contributed by atoms with Crippen molar-refractivity contribution < 1.29 is 9.53 Å². The molecule has 0 unspecified atom stereocenters. The van der Waals surface area contributed by atoms with Crippen LogP contribution in [0.1, 0.15) is 27.0 Å². The zero-order valence-electron chi connectivity index (χ0n) is 20.0. The SMILES string of the molecule is CN=C(NCCc1cccc(C(=O)N(C)C)c1)NCc1ccc(OCc2ccccc2)cc1.I. The Balaban J connectivity index is 0.00000408. The number of hydrogen-bond acceptors (Lipinski definition) is 3. The summed E-state index contributed by atoms with van der Waals surface area (Å²) >= 11 is 0. The number of guanidine groups is 1. The number of aliphatic imine (C=N–C) groups is 1. The van der Waals surface area contributed by atoms with Crippen molar-refractivity contribution in [2.24, 2.45) is 4.99 Å². The van der Waals surface area contributed by atoms with Gasteiger partial charge in [-0.3, -0.25) is 9.79 Å². The molecule has 7 heteroatoms. The Morgan fingerprint density at radius 2 is 1.59 bits per heavy atom. The van der Waals surface area contributed by atoms with E-state index in [1.807, 2.05) is 66.7 Å². The molecule has 0 aromatic heterocycles. The van der Waals surface area contributed by atoms with Gasteiger partial charge in [-0.2, -0.15) is 0 Å². The van der Waals surface area contributed by atoms with Crippen molar-refractivity contribution in [1.29, 1.82) is 0 Å². The monoisotopic (exact) mass is 572 g/mol. The van der Waals surface area contributed by atoms with E-state index in [0.717, 1.165) is 34.8 Å². The van der Waals surface area contributed by atoms with E-state index < -0.39 is 0 Å². The van der Waals surface area contributed by atoms with E-state index in [2.05, 4.69) is 27.8 Å². The third kappa shape index (κ3) is 8.70. The number of carbonyl (C=O) groups is 1. The maximum Gasteiger partial charge on any atom is 0.253 e. The third-order valence-electron chi connectivity index (χ3n) is 5.14. The van der Waals surface area contributed by atoms with E-state index in [1.165, 1.54) is 0 Å². The molecule has 0 bridgehead atoms. The van der Waals surface area contributed by atoms with E-state index in [9.17, 15) is 4.79 Å². The van der Waals surface area contributed by atoms with Crippen LogP contribution in [-0.2, 0) is 19.6 Å². The lowest BCUT2D eigenvalue weighted by Gasteiger charge is -2.13. The van der Waals surface area contributed by atoms with Gasteiger partial charge in [0.1, 0.15) is 12.4 Å². The fraction of sp³-hybridized carbons (Fsp3) is 0.259. The van der Waals surface area contributed by atoms with Crippen LogP contribution < -0.4 is 15.4 Å². The van der Waals surface area contributed by atoms with Crippen molar-refractivity contribution in [2.45, 2.75) is 19.6 Å². The number of nitrogens with one attached hydrogen (secondary N) is 2. The van der Waals surface area contributed by atoms with Crippen molar-refractivity contribution in [3.63, 3.8) is 0 Å². The number of halogens is 1. The Hall–Kier alpha value is -3.07. The van der Waals surface area contributed by atoms with Crippen LogP contribution in [0.5, 0.6) is 5.75 Å². The van der Waals surface area contributed by atoms with Gasteiger partial charge in [-0.1, -0.05) is 54.6 Å². The van der Waals surface area contributed by atoms with Crippen molar-refractivity contribution in [1.82, 2.24) is 15.5 Å². The molecule has 3 aromatic rings. The molecule has 0 atom stereocenters. The first kappa shape index (κ1) is 27.2. The summed E-state index contributed by atoms with van der Waals surface area (Å²) in [4.78, 5) is 18.0. The largest absolute Gasteiger partial charge is 0.489 e. The second-order valence-electron chi connectivity index (χ2n) is 7.92. The Bertz CT molecular complexity index is 1050. The maximum absolute atomic E-state index is 12.1. The van der Waals surface area contributed by atoms with Gasteiger partial charge in [0, 0.05) is 39.8 Å². The van der Waals surface area contributed by atoms with Gasteiger partial charge < -0.3 is 20.3 Å². The molecule has 3 aromatic carbocycles. The summed E-state index contributed by atoms with van der Waals surface area (Å²) in [6.07, 6.45) is 0.794. The molecule has 0 radical (unpaired) electrons. The topological polar surface area (TPSA) is 66.0 Å². The molecule has 0 fully saturated rings. The van der Waals surface area contributed by atoms with Crippen LogP contribution >= 0.6 is 24.0 Å². The lowest BCUT2D eigenvalue weighted by molar-refractivity contribution is 0.0827. The first-order chi connectivity index (χ1) is 16.0. The molecule has 0 heterocycles. The molecule has 2 N–H and O–H groups in total. The quantitative estimate of drug-likeness (QED) is 0.225. The fourth-order valence-corrected chi connectivity index (χ4v) is 3.29. The highest BCUT2D eigenvalue weighted by Gasteiger charge is 2.08. The summed E-state index contributed by atoms with van der Waals surface area (Å²) in [6.45, 7) is 1.93. The first-order valence-corrected chi connectivity index (χ1v) is 11.1. The zero-order valence-corrected chi connectivity index (χ0v) is 22.3. The average molecular weight is 572 g/mol. The number of hydrogen-bond donors (Lipinski definition) is 2. The highest BCUT2D eigenvalue weighted by Crippen LogP contribution is 2.14. The molecule has 0 saturated carbocycles. The van der Waals surface area contributed by atoms with E-state index >= 15 is 0 Å². The highest BCUT2D eigenvalue weighted by atomic mass is 127. The Labute approximate surface area is 219 Å². The summed E-state index contributed by atoms with van der Waals surface area (Å²) in [6, 6.07) is 25.9. The molecule has 0 aliphatic heterocycles. The second-order valence-corrected chi connectivity index (χ2v) is 7.92. The van der Waals surface area contributed by atoms with Gasteiger partial charge in [0.2, 0.25) is 0 Å². The van der Waals surface area contributed by atoms with Crippen molar-refractivity contribution in [3.05, 3.63) is 101 Å². The summed E-state index contributed by atoms with van der Waals surface area (Å²) in [7, 11) is 5.28. The molecule has 6 nitrogen and oxygen atoms in total. The highest BCUT2D eigenvalue weighted by molar-refractivity contribution is 14.0. The number of benzene rings is 3. The minimum Gasteiger partial charge on any atom is -0.489 e. The normalized spacial score (nSPS) is 10.7. The smallest absolute Gasteiger partial charge is 0.253 e. The van der Waals surface area contributed by atoms with E-state index in [-0.39, 0.29) is 29.9 Å². The minimum absolute atomic E-state index is 0. The van der Waals surface area contributed by atoms with Crippen molar-refractivity contribution in [3.8, 4) is 5.75 Å². The number of amides is 1. The Morgan fingerprint density at radius 1 is 0.882 bits per heavy atom. The molecule has 3 rings (SSSR count). The average Bonchev–Trinajstić information content (AvgIpc) is 2.85. The molecular weight excluding hydrogens is 539 g/mol. The van der Waals surface area contributed by atoms with Gasteiger partial charge in [-0.15, -0.1) is 24.0 Å². The van der Waals surface area contributed by atoms with Crippen molar-refractivity contribution >= 4 is 35.8 Å². The van der Waals surface area contributed by atoms with Crippen LogP contribution in [0, 0.1) is 0 Å². The third-order valence-corrected chi connectivity index (χ3v) is 5.14. The molecule has 0 aliphatic carbocycles. The van der Waals surface area contributed by atoms with Gasteiger partial charge in [0.05, 0.1) is 0 Å². The van der Waals surface area contributed by atoms with Crippen LogP contribution in [-0.4, -0.2) is 44.5 Å². The van der Waals surface area contributed by atoms with Crippen LogP contribution in [0.2, 0.25) is 0 Å². The van der Waals surface area contributed by atoms with Crippen LogP contribution in [0.4, 0.5) is 0 Å². The lowest BCUT2D eigenvalue weighted by atomic mass is 10.1. The van der Waals surface area contributed by atoms with Gasteiger partial charge in [0.15, 0.2) is 5.96 Å². The lowest BCUT2D eigenvalue weighted by Crippen LogP contribution is -2.37. The predicted molar refractivity (Wildman–Crippen MR) is 149 cm³/mol.